The maximum atomic E-state index is 13.0. The quantitative estimate of drug-likeness (QED) is 0.561. The lowest BCUT2D eigenvalue weighted by Crippen LogP contribution is -2.07. The van der Waals surface area contributed by atoms with Crippen LogP contribution >= 0.6 is 28.1 Å². The molecule has 0 aliphatic carbocycles. The number of nitrogens with one attached hydrogen (secondary N) is 1. The fraction of sp³-hybridized carbons (Fsp3) is 0.0714. The zero-order valence-electron chi connectivity index (χ0n) is 10.4. The van der Waals surface area contributed by atoms with Crippen molar-refractivity contribution >= 4 is 39.2 Å². The number of fused-ring (bicyclic) bond motifs is 1. The van der Waals surface area contributed by atoms with Crippen molar-refractivity contribution in [1.82, 2.24) is 9.55 Å². The molecular formula is C14H8BrF3N2S. The Kier molecular flexibility index (Phi) is 3.41. The van der Waals surface area contributed by atoms with E-state index in [0.29, 0.717) is 10.5 Å². The number of para-hydroxylation sites is 2. The summed E-state index contributed by atoms with van der Waals surface area (Å²) in [5.74, 6) is 0. The van der Waals surface area contributed by atoms with Crippen molar-refractivity contribution < 1.29 is 13.2 Å². The first-order valence-electron chi connectivity index (χ1n) is 5.95. The lowest BCUT2D eigenvalue weighted by Gasteiger charge is -2.12. The first-order chi connectivity index (χ1) is 9.88. The van der Waals surface area contributed by atoms with E-state index in [1.165, 1.54) is 6.07 Å². The van der Waals surface area contributed by atoms with Crippen LogP contribution in [0.25, 0.3) is 16.7 Å². The first kappa shape index (κ1) is 14.3. The van der Waals surface area contributed by atoms with E-state index in [1.54, 1.807) is 16.7 Å². The number of H-pyrrole nitrogens is 1. The van der Waals surface area contributed by atoms with E-state index in [-0.39, 0.29) is 4.47 Å². The minimum atomic E-state index is -4.43. The highest BCUT2D eigenvalue weighted by molar-refractivity contribution is 9.10. The number of alkyl halides is 3. The van der Waals surface area contributed by atoms with Gasteiger partial charge < -0.3 is 4.98 Å². The van der Waals surface area contributed by atoms with E-state index in [2.05, 4.69) is 20.9 Å². The van der Waals surface area contributed by atoms with Gasteiger partial charge >= 0.3 is 6.18 Å². The number of halogens is 4. The maximum absolute atomic E-state index is 13.0. The Morgan fingerprint density at radius 1 is 1.10 bits per heavy atom. The number of aromatic nitrogens is 2. The van der Waals surface area contributed by atoms with Gasteiger partial charge in [-0.1, -0.05) is 28.1 Å². The lowest BCUT2D eigenvalue weighted by molar-refractivity contribution is -0.138. The van der Waals surface area contributed by atoms with Crippen LogP contribution < -0.4 is 0 Å². The van der Waals surface area contributed by atoms with Gasteiger partial charge in [0.1, 0.15) is 0 Å². The largest absolute Gasteiger partial charge is 0.417 e. The zero-order chi connectivity index (χ0) is 15.2. The molecule has 2 nitrogen and oxygen atoms in total. The van der Waals surface area contributed by atoms with E-state index in [9.17, 15) is 13.2 Å². The minimum Gasteiger partial charge on any atom is -0.330 e. The van der Waals surface area contributed by atoms with Gasteiger partial charge in [0.15, 0.2) is 4.77 Å². The van der Waals surface area contributed by atoms with E-state index in [1.807, 2.05) is 18.2 Å². The summed E-state index contributed by atoms with van der Waals surface area (Å²) in [6, 6.07) is 11.3. The van der Waals surface area contributed by atoms with Gasteiger partial charge in [-0.3, -0.25) is 4.57 Å². The second-order valence-corrected chi connectivity index (χ2v) is 5.69. The molecular weight excluding hydrogens is 365 g/mol. The molecule has 0 fully saturated rings. The molecule has 21 heavy (non-hydrogen) atoms. The molecule has 0 saturated heterocycles. The highest BCUT2D eigenvalue weighted by Gasteiger charge is 2.33. The Balaban J connectivity index is 2.29. The highest BCUT2D eigenvalue weighted by atomic mass is 79.9. The molecule has 0 spiro atoms. The average Bonchev–Trinajstić information content (AvgIpc) is 2.74. The molecule has 0 unspecified atom stereocenters. The van der Waals surface area contributed by atoms with Gasteiger partial charge in [-0.05, 0) is 42.5 Å². The van der Waals surface area contributed by atoms with Crippen molar-refractivity contribution in [1.29, 1.82) is 0 Å². The van der Waals surface area contributed by atoms with Crippen LogP contribution in [-0.2, 0) is 6.18 Å². The van der Waals surface area contributed by atoms with Crippen molar-refractivity contribution in [3.63, 3.8) is 0 Å². The molecule has 0 saturated carbocycles. The molecule has 0 bridgehead atoms. The number of rotatable bonds is 1. The van der Waals surface area contributed by atoms with Crippen LogP contribution in [0, 0.1) is 4.77 Å². The normalized spacial score (nSPS) is 12.0. The summed E-state index contributed by atoms with van der Waals surface area (Å²) in [7, 11) is 0. The highest BCUT2D eigenvalue weighted by Crippen LogP contribution is 2.36. The Morgan fingerprint density at radius 3 is 2.52 bits per heavy atom. The standard InChI is InChI=1S/C14H8BrF3N2S/c15-10-6-5-8(7-9(10)14(16,17)18)20-12-4-2-1-3-11(12)19-13(20)21/h1-7H,(H,19,21). The van der Waals surface area contributed by atoms with E-state index in [4.69, 9.17) is 12.2 Å². The van der Waals surface area contributed by atoms with Crippen molar-refractivity contribution in [2.24, 2.45) is 0 Å². The predicted octanol–water partition coefficient (Wildman–Crippen LogP) is 5.47. The van der Waals surface area contributed by atoms with Gasteiger partial charge in [-0.2, -0.15) is 13.2 Å². The molecule has 3 aromatic rings. The van der Waals surface area contributed by atoms with Gasteiger partial charge in [0.25, 0.3) is 0 Å². The third-order valence-corrected chi connectivity index (χ3v) is 4.08. The zero-order valence-corrected chi connectivity index (χ0v) is 12.8. The van der Waals surface area contributed by atoms with Crippen molar-refractivity contribution in [2.75, 3.05) is 0 Å². The summed E-state index contributed by atoms with van der Waals surface area (Å²) in [4.78, 5) is 2.98. The van der Waals surface area contributed by atoms with Crippen LogP contribution in [0.15, 0.2) is 46.9 Å². The average molecular weight is 373 g/mol. The predicted molar refractivity (Wildman–Crippen MR) is 81.2 cm³/mol. The summed E-state index contributed by atoms with van der Waals surface area (Å²) < 4.78 is 41.0. The number of nitrogens with zero attached hydrogens (tertiary/aromatic N) is 1. The Hall–Kier alpha value is -1.60. The van der Waals surface area contributed by atoms with Crippen molar-refractivity contribution in [3.05, 3.63) is 57.3 Å². The number of imidazole rings is 1. The summed E-state index contributed by atoms with van der Waals surface area (Å²) in [6.07, 6.45) is -4.43. The molecule has 1 N–H and O–H groups in total. The smallest absolute Gasteiger partial charge is 0.330 e. The van der Waals surface area contributed by atoms with Crippen LogP contribution in [0.3, 0.4) is 0 Å². The summed E-state index contributed by atoms with van der Waals surface area (Å²) in [6.45, 7) is 0. The third-order valence-electron chi connectivity index (χ3n) is 3.10. The van der Waals surface area contributed by atoms with Gasteiger partial charge in [0, 0.05) is 10.2 Å². The van der Waals surface area contributed by atoms with Crippen LogP contribution in [0.5, 0.6) is 0 Å². The molecule has 0 aliphatic heterocycles. The Morgan fingerprint density at radius 2 is 1.81 bits per heavy atom. The van der Waals surface area contributed by atoms with Crippen LogP contribution in [0.2, 0.25) is 0 Å². The molecule has 0 amide bonds. The van der Waals surface area contributed by atoms with Crippen LogP contribution in [0.1, 0.15) is 5.56 Å². The summed E-state index contributed by atoms with van der Waals surface area (Å²) in [5.41, 5.74) is 1.15. The Labute approximate surface area is 131 Å². The first-order valence-corrected chi connectivity index (χ1v) is 7.15. The van der Waals surface area contributed by atoms with Gasteiger partial charge in [-0.15, -0.1) is 0 Å². The second-order valence-electron chi connectivity index (χ2n) is 4.44. The number of benzene rings is 2. The van der Waals surface area contributed by atoms with Gasteiger partial charge in [-0.25, -0.2) is 0 Å². The third kappa shape index (κ3) is 2.51. The molecule has 2 aromatic carbocycles. The van der Waals surface area contributed by atoms with E-state index < -0.39 is 11.7 Å². The van der Waals surface area contributed by atoms with E-state index in [0.717, 1.165) is 17.1 Å². The molecule has 1 aromatic heterocycles. The van der Waals surface area contributed by atoms with Gasteiger partial charge in [0.05, 0.1) is 16.6 Å². The molecule has 7 heteroatoms. The molecule has 0 radical (unpaired) electrons. The molecule has 1 heterocycles. The molecule has 0 atom stereocenters. The summed E-state index contributed by atoms with van der Waals surface area (Å²) >= 11 is 8.15. The minimum absolute atomic E-state index is 0.00473. The Bertz CT molecular complexity index is 880. The number of hydrogen-bond acceptors (Lipinski definition) is 1. The second kappa shape index (κ2) is 4.99. The van der Waals surface area contributed by atoms with Crippen LogP contribution in [-0.4, -0.2) is 9.55 Å². The summed E-state index contributed by atoms with van der Waals surface area (Å²) in [5, 5.41) is 0. The van der Waals surface area contributed by atoms with E-state index >= 15 is 0 Å². The molecule has 3 rings (SSSR count). The lowest BCUT2D eigenvalue weighted by atomic mass is 10.2. The SMILES string of the molecule is FC(F)(F)c1cc(-n2c(=S)[nH]c3ccccc32)ccc1Br. The topological polar surface area (TPSA) is 20.7 Å². The number of hydrogen-bond donors (Lipinski definition) is 1. The maximum Gasteiger partial charge on any atom is 0.417 e. The monoisotopic (exact) mass is 372 g/mol. The molecule has 108 valence electrons. The van der Waals surface area contributed by atoms with Crippen molar-refractivity contribution in [2.45, 2.75) is 6.18 Å². The fourth-order valence-corrected chi connectivity index (χ4v) is 2.97. The number of aromatic amines is 1. The van der Waals surface area contributed by atoms with Crippen molar-refractivity contribution in [3.8, 4) is 5.69 Å². The molecule has 0 aliphatic rings. The fourth-order valence-electron chi connectivity index (χ4n) is 2.18. The van der Waals surface area contributed by atoms with Crippen LogP contribution in [0.4, 0.5) is 13.2 Å². The van der Waals surface area contributed by atoms with Gasteiger partial charge in [0.2, 0.25) is 0 Å².